The van der Waals surface area contributed by atoms with E-state index in [1.807, 2.05) is 25.1 Å². The molecule has 100 valence electrons. The van der Waals surface area contributed by atoms with E-state index >= 15 is 0 Å². The predicted molar refractivity (Wildman–Crippen MR) is 73.6 cm³/mol. The van der Waals surface area contributed by atoms with Gasteiger partial charge in [0.25, 0.3) is 0 Å². The molecule has 0 amide bonds. The molecule has 1 heterocycles. The van der Waals surface area contributed by atoms with Crippen molar-refractivity contribution in [3.63, 3.8) is 0 Å². The van der Waals surface area contributed by atoms with E-state index in [1.165, 1.54) is 0 Å². The third-order valence-corrected chi connectivity index (χ3v) is 2.81. The number of aromatic nitrogens is 2. The predicted octanol–water partition coefficient (Wildman–Crippen LogP) is 2.67. The van der Waals surface area contributed by atoms with Crippen molar-refractivity contribution < 1.29 is 9.47 Å². The van der Waals surface area contributed by atoms with Gasteiger partial charge in [-0.3, -0.25) is 9.97 Å². The summed E-state index contributed by atoms with van der Waals surface area (Å²) in [6, 6.07) is 5.64. The first-order valence-electron chi connectivity index (χ1n) is 5.99. The Morgan fingerprint density at radius 1 is 1.16 bits per heavy atom. The fraction of sp³-hybridized carbons (Fsp3) is 0.286. The molecule has 1 aromatic carbocycles. The van der Waals surface area contributed by atoms with Crippen molar-refractivity contribution in [2.45, 2.75) is 13.0 Å². The summed E-state index contributed by atoms with van der Waals surface area (Å²) >= 11 is 0. The quantitative estimate of drug-likeness (QED) is 0.894. The highest BCUT2D eigenvalue weighted by atomic mass is 16.5. The first-order chi connectivity index (χ1) is 9.24. The Bertz CT molecular complexity index is 531. The van der Waals surface area contributed by atoms with Crippen molar-refractivity contribution in [2.75, 3.05) is 19.5 Å². The molecule has 0 aliphatic carbocycles. The number of nitrogens with zero attached hydrogens (tertiary/aromatic N) is 2. The molecule has 5 heteroatoms. The van der Waals surface area contributed by atoms with Crippen LogP contribution >= 0.6 is 0 Å². The lowest BCUT2D eigenvalue weighted by Crippen LogP contribution is -2.09. The second-order valence-electron chi connectivity index (χ2n) is 4.06. The summed E-state index contributed by atoms with van der Waals surface area (Å²) in [5, 5.41) is 3.34. The Balaban J connectivity index is 2.22. The third kappa shape index (κ3) is 3.13. The summed E-state index contributed by atoms with van der Waals surface area (Å²) in [5.74, 6) is 1.53. The van der Waals surface area contributed by atoms with Gasteiger partial charge in [-0.25, -0.2) is 0 Å². The molecule has 0 saturated carbocycles. The maximum Gasteiger partial charge on any atom is 0.142 e. The minimum absolute atomic E-state index is 0.0229. The van der Waals surface area contributed by atoms with Crippen molar-refractivity contribution in [2.24, 2.45) is 0 Å². The zero-order chi connectivity index (χ0) is 13.7. The SMILES string of the molecule is COc1ccc(OC)c(NC(C)c2cnccn2)c1. The van der Waals surface area contributed by atoms with E-state index < -0.39 is 0 Å². The number of methoxy groups -OCH3 is 2. The summed E-state index contributed by atoms with van der Waals surface area (Å²) in [6.07, 6.45) is 5.07. The molecule has 0 fully saturated rings. The number of hydrogen-bond donors (Lipinski definition) is 1. The summed E-state index contributed by atoms with van der Waals surface area (Å²) in [4.78, 5) is 8.34. The van der Waals surface area contributed by atoms with Crippen LogP contribution < -0.4 is 14.8 Å². The van der Waals surface area contributed by atoms with Crippen LogP contribution in [0.25, 0.3) is 0 Å². The topological polar surface area (TPSA) is 56.3 Å². The van der Waals surface area contributed by atoms with Gasteiger partial charge in [0.2, 0.25) is 0 Å². The first-order valence-corrected chi connectivity index (χ1v) is 5.99. The molecule has 5 nitrogen and oxygen atoms in total. The molecule has 0 spiro atoms. The lowest BCUT2D eigenvalue weighted by atomic mass is 10.2. The molecule has 0 radical (unpaired) electrons. The minimum Gasteiger partial charge on any atom is -0.497 e. The number of ether oxygens (including phenoxy) is 2. The minimum atomic E-state index is 0.0229. The van der Waals surface area contributed by atoms with E-state index in [2.05, 4.69) is 15.3 Å². The number of hydrogen-bond acceptors (Lipinski definition) is 5. The molecule has 1 aromatic heterocycles. The fourth-order valence-electron chi connectivity index (χ4n) is 1.77. The highest BCUT2D eigenvalue weighted by molar-refractivity contribution is 5.60. The summed E-state index contributed by atoms with van der Waals surface area (Å²) in [6.45, 7) is 2.02. The fourth-order valence-corrected chi connectivity index (χ4v) is 1.77. The van der Waals surface area contributed by atoms with Crippen molar-refractivity contribution in [1.82, 2.24) is 9.97 Å². The molecule has 1 atom stereocenters. The normalized spacial score (nSPS) is 11.7. The molecule has 0 aliphatic heterocycles. The van der Waals surface area contributed by atoms with E-state index in [4.69, 9.17) is 9.47 Å². The average Bonchev–Trinajstić information content (AvgIpc) is 2.48. The van der Waals surface area contributed by atoms with Crippen molar-refractivity contribution in [1.29, 1.82) is 0 Å². The standard InChI is InChI=1S/C14H17N3O2/c1-10(13-9-15-6-7-16-13)17-12-8-11(18-2)4-5-14(12)19-3/h4-10,17H,1-3H3. The van der Waals surface area contributed by atoms with Crippen LogP contribution in [-0.2, 0) is 0 Å². The zero-order valence-electron chi connectivity index (χ0n) is 11.3. The lowest BCUT2D eigenvalue weighted by molar-refractivity contribution is 0.404. The van der Waals surface area contributed by atoms with E-state index in [9.17, 15) is 0 Å². The molecule has 1 N–H and O–H groups in total. The van der Waals surface area contributed by atoms with Crippen LogP contribution in [-0.4, -0.2) is 24.2 Å². The van der Waals surface area contributed by atoms with Crippen LogP contribution in [0.2, 0.25) is 0 Å². The number of anilines is 1. The van der Waals surface area contributed by atoms with Gasteiger partial charge in [0.05, 0.1) is 37.8 Å². The largest absolute Gasteiger partial charge is 0.497 e. The molecule has 0 saturated heterocycles. The monoisotopic (exact) mass is 259 g/mol. The van der Waals surface area contributed by atoms with Crippen molar-refractivity contribution in [3.8, 4) is 11.5 Å². The van der Waals surface area contributed by atoms with Gasteiger partial charge < -0.3 is 14.8 Å². The third-order valence-electron chi connectivity index (χ3n) is 2.81. The molecular formula is C14H17N3O2. The second-order valence-corrected chi connectivity index (χ2v) is 4.06. The molecule has 2 aromatic rings. The maximum atomic E-state index is 5.33. The Labute approximate surface area is 112 Å². The van der Waals surface area contributed by atoms with Gasteiger partial charge >= 0.3 is 0 Å². The summed E-state index contributed by atoms with van der Waals surface area (Å²) < 4.78 is 10.5. The van der Waals surface area contributed by atoms with Crippen LogP contribution in [0, 0.1) is 0 Å². The molecular weight excluding hydrogens is 242 g/mol. The van der Waals surface area contributed by atoms with Crippen molar-refractivity contribution >= 4 is 5.69 Å². The van der Waals surface area contributed by atoms with Gasteiger partial charge in [-0.1, -0.05) is 0 Å². The Morgan fingerprint density at radius 3 is 2.63 bits per heavy atom. The maximum absolute atomic E-state index is 5.33. The van der Waals surface area contributed by atoms with E-state index in [0.717, 1.165) is 22.9 Å². The van der Waals surface area contributed by atoms with Gasteiger partial charge in [0.15, 0.2) is 0 Å². The van der Waals surface area contributed by atoms with E-state index in [0.29, 0.717) is 0 Å². The van der Waals surface area contributed by atoms with Crippen molar-refractivity contribution in [3.05, 3.63) is 42.5 Å². The Hall–Kier alpha value is -2.30. The van der Waals surface area contributed by atoms with Crippen LogP contribution in [0.5, 0.6) is 11.5 Å². The lowest BCUT2D eigenvalue weighted by Gasteiger charge is -2.17. The van der Waals surface area contributed by atoms with Crippen LogP contribution in [0.1, 0.15) is 18.7 Å². The van der Waals surface area contributed by atoms with Gasteiger partial charge in [-0.15, -0.1) is 0 Å². The summed E-state index contributed by atoms with van der Waals surface area (Å²) in [7, 11) is 3.28. The number of nitrogens with one attached hydrogen (secondary N) is 1. The van der Waals surface area contributed by atoms with Gasteiger partial charge in [-0.05, 0) is 19.1 Å². The molecule has 19 heavy (non-hydrogen) atoms. The Kier molecular flexibility index (Phi) is 4.18. The number of rotatable bonds is 5. The summed E-state index contributed by atoms with van der Waals surface area (Å²) in [5.41, 5.74) is 1.73. The smallest absolute Gasteiger partial charge is 0.142 e. The van der Waals surface area contributed by atoms with Crippen LogP contribution in [0.3, 0.4) is 0 Å². The molecule has 2 rings (SSSR count). The zero-order valence-corrected chi connectivity index (χ0v) is 11.3. The highest BCUT2D eigenvalue weighted by Crippen LogP contribution is 2.31. The number of benzene rings is 1. The van der Waals surface area contributed by atoms with E-state index in [1.54, 1.807) is 32.8 Å². The molecule has 0 bridgehead atoms. The van der Waals surface area contributed by atoms with Gasteiger partial charge in [-0.2, -0.15) is 0 Å². The Morgan fingerprint density at radius 2 is 2.00 bits per heavy atom. The average molecular weight is 259 g/mol. The second kappa shape index (κ2) is 6.04. The van der Waals surface area contributed by atoms with Gasteiger partial charge in [0, 0.05) is 18.5 Å². The van der Waals surface area contributed by atoms with Gasteiger partial charge in [0.1, 0.15) is 11.5 Å². The van der Waals surface area contributed by atoms with Crippen LogP contribution in [0.4, 0.5) is 5.69 Å². The molecule has 0 aliphatic rings. The highest BCUT2D eigenvalue weighted by Gasteiger charge is 2.11. The first kappa shape index (κ1) is 13.1. The molecule has 1 unspecified atom stereocenters. The van der Waals surface area contributed by atoms with E-state index in [-0.39, 0.29) is 6.04 Å². The van der Waals surface area contributed by atoms with Crippen LogP contribution in [0.15, 0.2) is 36.8 Å².